The van der Waals surface area contributed by atoms with Gasteiger partial charge in [-0.1, -0.05) is 27.7 Å². The predicted molar refractivity (Wildman–Crippen MR) is 71.8 cm³/mol. The Bertz CT molecular complexity index is 199. The zero-order valence-corrected chi connectivity index (χ0v) is 11.8. The van der Waals surface area contributed by atoms with Crippen LogP contribution in [0.15, 0.2) is 0 Å². The lowest BCUT2D eigenvalue weighted by Gasteiger charge is -2.31. The summed E-state index contributed by atoms with van der Waals surface area (Å²) in [6, 6.07) is 0.739. The Morgan fingerprint density at radius 1 is 1.25 bits per heavy atom. The normalized spacial score (nSPS) is 24.8. The molecule has 96 valence electrons. The van der Waals surface area contributed by atoms with Gasteiger partial charge in [0.15, 0.2) is 0 Å². The summed E-state index contributed by atoms with van der Waals surface area (Å²) in [6.07, 6.45) is 4.00. The molecule has 1 heterocycles. The molecule has 0 bridgehead atoms. The average Bonchev–Trinajstić information content (AvgIpc) is 2.40. The summed E-state index contributed by atoms with van der Waals surface area (Å²) < 4.78 is 0. The second-order valence-corrected chi connectivity index (χ2v) is 6.46. The highest BCUT2D eigenvalue weighted by atomic mass is 15.1. The number of likely N-dealkylation sites (tertiary alicyclic amines) is 1. The SMILES string of the molecule is CC(C)C(C)(C)CNC1CCCN(C)CC1. The smallest absolute Gasteiger partial charge is 0.00799 e. The van der Waals surface area contributed by atoms with E-state index >= 15 is 0 Å². The molecule has 1 N–H and O–H groups in total. The molecule has 2 nitrogen and oxygen atoms in total. The van der Waals surface area contributed by atoms with Crippen molar-refractivity contribution >= 4 is 0 Å². The van der Waals surface area contributed by atoms with Crippen LogP contribution in [-0.4, -0.2) is 37.6 Å². The highest BCUT2D eigenvalue weighted by Gasteiger charge is 2.23. The molecule has 0 saturated carbocycles. The molecule has 1 rings (SSSR count). The minimum absolute atomic E-state index is 0.415. The van der Waals surface area contributed by atoms with Crippen molar-refractivity contribution in [3.8, 4) is 0 Å². The fourth-order valence-corrected chi connectivity index (χ4v) is 2.06. The summed E-state index contributed by atoms with van der Waals surface area (Å²) >= 11 is 0. The van der Waals surface area contributed by atoms with Crippen molar-refractivity contribution in [2.75, 3.05) is 26.7 Å². The Morgan fingerprint density at radius 3 is 2.56 bits per heavy atom. The van der Waals surface area contributed by atoms with E-state index in [0.717, 1.165) is 18.5 Å². The van der Waals surface area contributed by atoms with E-state index in [9.17, 15) is 0 Å². The van der Waals surface area contributed by atoms with Crippen LogP contribution in [0.4, 0.5) is 0 Å². The Kier molecular flexibility index (Phi) is 5.26. The Balaban J connectivity index is 2.32. The van der Waals surface area contributed by atoms with Gasteiger partial charge in [-0.15, -0.1) is 0 Å². The van der Waals surface area contributed by atoms with Crippen molar-refractivity contribution in [1.29, 1.82) is 0 Å². The first-order valence-electron chi connectivity index (χ1n) is 6.84. The first-order chi connectivity index (χ1) is 7.42. The highest BCUT2D eigenvalue weighted by Crippen LogP contribution is 2.25. The second-order valence-electron chi connectivity index (χ2n) is 6.46. The highest BCUT2D eigenvalue weighted by molar-refractivity contribution is 4.80. The summed E-state index contributed by atoms with van der Waals surface area (Å²) in [4.78, 5) is 2.45. The molecule has 1 aliphatic rings. The Labute approximate surface area is 102 Å². The summed E-state index contributed by atoms with van der Waals surface area (Å²) in [6.45, 7) is 13.1. The van der Waals surface area contributed by atoms with Gasteiger partial charge in [-0.05, 0) is 50.7 Å². The van der Waals surface area contributed by atoms with Crippen LogP contribution in [0.1, 0.15) is 47.0 Å². The minimum atomic E-state index is 0.415. The first-order valence-corrected chi connectivity index (χ1v) is 6.84. The molecule has 1 aliphatic heterocycles. The third-order valence-electron chi connectivity index (χ3n) is 4.36. The zero-order valence-electron chi connectivity index (χ0n) is 11.8. The molecule has 1 atom stereocenters. The van der Waals surface area contributed by atoms with Crippen molar-refractivity contribution in [2.45, 2.75) is 53.0 Å². The molecule has 0 aromatic rings. The molecule has 1 fully saturated rings. The largest absolute Gasteiger partial charge is 0.313 e. The van der Waals surface area contributed by atoms with E-state index in [0.29, 0.717) is 5.41 Å². The van der Waals surface area contributed by atoms with Crippen LogP contribution in [-0.2, 0) is 0 Å². The molecular weight excluding hydrogens is 196 g/mol. The van der Waals surface area contributed by atoms with Crippen molar-refractivity contribution in [1.82, 2.24) is 10.2 Å². The molecule has 1 unspecified atom stereocenters. The number of nitrogens with one attached hydrogen (secondary N) is 1. The van der Waals surface area contributed by atoms with Crippen LogP contribution in [0.25, 0.3) is 0 Å². The molecule has 0 aliphatic carbocycles. The van der Waals surface area contributed by atoms with Gasteiger partial charge in [0.05, 0.1) is 0 Å². The van der Waals surface area contributed by atoms with E-state index in [4.69, 9.17) is 0 Å². The quantitative estimate of drug-likeness (QED) is 0.793. The zero-order chi connectivity index (χ0) is 12.2. The summed E-state index contributed by atoms with van der Waals surface area (Å²) in [5, 5.41) is 3.78. The van der Waals surface area contributed by atoms with Gasteiger partial charge in [0, 0.05) is 12.6 Å². The van der Waals surface area contributed by atoms with E-state index in [1.165, 1.54) is 32.4 Å². The topological polar surface area (TPSA) is 15.3 Å². The van der Waals surface area contributed by atoms with Crippen LogP contribution in [0.2, 0.25) is 0 Å². The number of rotatable bonds is 4. The lowest BCUT2D eigenvalue weighted by molar-refractivity contribution is 0.224. The molecule has 1 saturated heterocycles. The molecule has 0 spiro atoms. The van der Waals surface area contributed by atoms with E-state index in [-0.39, 0.29) is 0 Å². The van der Waals surface area contributed by atoms with Gasteiger partial charge in [0.1, 0.15) is 0 Å². The monoisotopic (exact) mass is 226 g/mol. The van der Waals surface area contributed by atoms with E-state index in [1.54, 1.807) is 0 Å². The molecule has 0 aromatic heterocycles. The average molecular weight is 226 g/mol. The van der Waals surface area contributed by atoms with E-state index < -0.39 is 0 Å². The van der Waals surface area contributed by atoms with Crippen LogP contribution in [0.5, 0.6) is 0 Å². The van der Waals surface area contributed by atoms with Gasteiger partial charge in [-0.25, -0.2) is 0 Å². The van der Waals surface area contributed by atoms with Crippen LogP contribution in [0, 0.1) is 11.3 Å². The second kappa shape index (κ2) is 6.02. The molecule has 2 heteroatoms. The summed E-state index contributed by atoms with van der Waals surface area (Å²) in [5.74, 6) is 0.744. The van der Waals surface area contributed by atoms with E-state index in [1.807, 2.05) is 0 Å². The van der Waals surface area contributed by atoms with Gasteiger partial charge < -0.3 is 10.2 Å². The first kappa shape index (κ1) is 14.0. The fraction of sp³-hybridized carbons (Fsp3) is 1.00. The van der Waals surface area contributed by atoms with Crippen LogP contribution < -0.4 is 5.32 Å². The van der Waals surface area contributed by atoms with Crippen LogP contribution in [0.3, 0.4) is 0 Å². The van der Waals surface area contributed by atoms with Crippen molar-refractivity contribution in [3.05, 3.63) is 0 Å². The maximum atomic E-state index is 3.78. The molecule has 0 radical (unpaired) electrons. The minimum Gasteiger partial charge on any atom is -0.313 e. The number of nitrogens with zero attached hydrogens (tertiary/aromatic N) is 1. The summed E-state index contributed by atoms with van der Waals surface area (Å²) in [7, 11) is 2.24. The molecule has 0 aromatic carbocycles. The fourth-order valence-electron chi connectivity index (χ4n) is 2.06. The molecular formula is C14H30N2. The third kappa shape index (κ3) is 4.42. The van der Waals surface area contributed by atoms with Gasteiger partial charge in [-0.3, -0.25) is 0 Å². The van der Waals surface area contributed by atoms with Crippen molar-refractivity contribution < 1.29 is 0 Å². The van der Waals surface area contributed by atoms with Crippen molar-refractivity contribution in [3.63, 3.8) is 0 Å². The van der Waals surface area contributed by atoms with Gasteiger partial charge in [0.25, 0.3) is 0 Å². The third-order valence-corrected chi connectivity index (χ3v) is 4.36. The van der Waals surface area contributed by atoms with Gasteiger partial charge in [-0.2, -0.15) is 0 Å². The Morgan fingerprint density at radius 2 is 1.94 bits per heavy atom. The van der Waals surface area contributed by atoms with Gasteiger partial charge in [0.2, 0.25) is 0 Å². The lowest BCUT2D eigenvalue weighted by atomic mass is 9.81. The van der Waals surface area contributed by atoms with Crippen molar-refractivity contribution in [2.24, 2.45) is 11.3 Å². The Hall–Kier alpha value is -0.0800. The summed E-state index contributed by atoms with van der Waals surface area (Å²) in [5.41, 5.74) is 0.415. The number of hydrogen-bond donors (Lipinski definition) is 1. The maximum Gasteiger partial charge on any atom is 0.00799 e. The molecule has 0 amide bonds. The number of hydrogen-bond acceptors (Lipinski definition) is 2. The van der Waals surface area contributed by atoms with Gasteiger partial charge >= 0.3 is 0 Å². The maximum absolute atomic E-state index is 3.78. The van der Waals surface area contributed by atoms with Crippen LogP contribution >= 0.6 is 0 Å². The lowest BCUT2D eigenvalue weighted by Crippen LogP contribution is -2.39. The standard InChI is InChI=1S/C14H30N2/c1-12(2)14(3,4)11-15-13-7-6-9-16(5)10-8-13/h12-13,15H,6-11H2,1-5H3. The van der Waals surface area contributed by atoms with E-state index in [2.05, 4.69) is 45.0 Å². The molecule has 16 heavy (non-hydrogen) atoms. The predicted octanol–water partition coefficient (Wildman–Crippen LogP) is 2.74.